The standard InChI is InChI=1S/C20H30N4O4S/c1-4-5-15(2)21-20(25)9-8-19-22-17-14-16(6-7-18(17)23(19)3)29(26,27)24-10-12-28-13-11-24/h6-7,14-15H,4-5,8-13H2,1-3H3,(H,21,25). The number of nitrogens with zero attached hydrogens (tertiary/aromatic N) is 3. The van der Waals surface area contributed by atoms with Gasteiger partial charge in [-0.15, -0.1) is 0 Å². The lowest BCUT2D eigenvalue weighted by atomic mass is 10.2. The van der Waals surface area contributed by atoms with E-state index >= 15 is 0 Å². The van der Waals surface area contributed by atoms with E-state index in [1.54, 1.807) is 18.2 Å². The molecule has 1 atom stereocenters. The van der Waals surface area contributed by atoms with Crippen molar-refractivity contribution in [3.63, 3.8) is 0 Å². The molecule has 0 spiro atoms. The van der Waals surface area contributed by atoms with Gasteiger partial charge in [0.1, 0.15) is 5.82 Å². The van der Waals surface area contributed by atoms with Crippen molar-refractivity contribution in [1.82, 2.24) is 19.2 Å². The number of hydrogen-bond donors (Lipinski definition) is 1. The first-order valence-corrected chi connectivity index (χ1v) is 11.6. The van der Waals surface area contributed by atoms with E-state index in [2.05, 4.69) is 17.2 Å². The van der Waals surface area contributed by atoms with Gasteiger partial charge in [0.25, 0.3) is 0 Å². The van der Waals surface area contributed by atoms with Crippen LogP contribution in [0, 0.1) is 0 Å². The van der Waals surface area contributed by atoms with Gasteiger partial charge in [0.2, 0.25) is 15.9 Å². The summed E-state index contributed by atoms with van der Waals surface area (Å²) in [6, 6.07) is 5.19. The molecule has 1 amide bonds. The van der Waals surface area contributed by atoms with Crippen LogP contribution >= 0.6 is 0 Å². The van der Waals surface area contributed by atoms with Gasteiger partial charge in [-0.3, -0.25) is 4.79 Å². The van der Waals surface area contributed by atoms with Gasteiger partial charge >= 0.3 is 0 Å². The van der Waals surface area contributed by atoms with Crippen LogP contribution < -0.4 is 5.32 Å². The quantitative estimate of drug-likeness (QED) is 0.701. The number of benzene rings is 1. The van der Waals surface area contributed by atoms with Crippen molar-refractivity contribution in [2.75, 3.05) is 26.3 Å². The molecule has 1 unspecified atom stereocenters. The van der Waals surface area contributed by atoms with Crippen molar-refractivity contribution in [2.24, 2.45) is 7.05 Å². The lowest BCUT2D eigenvalue weighted by Gasteiger charge is -2.26. The molecule has 9 heteroatoms. The Hall–Kier alpha value is -1.97. The van der Waals surface area contributed by atoms with Crippen molar-refractivity contribution in [3.8, 4) is 0 Å². The molecule has 160 valence electrons. The van der Waals surface area contributed by atoms with Gasteiger partial charge in [-0.25, -0.2) is 13.4 Å². The first-order valence-electron chi connectivity index (χ1n) is 10.2. The van der Waals surface area contributed by atoms with Crippen molar-refractivity contribution >= 4 is 27.0 Å². The monoisotopic (exact) mass is 422 g/mol. The van der Waals surface area contributed by atoms with E-state index in [1.807, 2.05) is 18.5 Å². The zero-order valence-corrected chi connectivity index (χ0v) is 18.2. The van der Waals surface area contributed by atoms with E-state index in [0.717, 1.165) is 24.2 Å². The second-order valence-corrected chi connectivity index (χ2v) is 9.45. The summed E-state index contributed by atoms with van der Waals surface area (Å²) in [4.78, 5) is 17.0. The van der Waals surface area contributed by atoms with E-state index < -0.39 is 10.0 Å². The molecular formula is C20H30N4O4S. The molecule has 29 heavy (non-hydrogen) atoms. The third-order valence-corrected chi connectivity index (χ3v) is 7.15. The van der Waals surface area contributed by atoms with E-state index in [1.165, 1.54) is 4.31 Å². The zero-order chi connectivity index (χ0) is 21.0. The maximum absolute atomic E-state index is 12.9. The Kier molecular flexibility index (Phi) is 6.92. The van der Waals surface area contributed by atoms with Crippen molar-refractivity contribution in [1.29, 1.82) is 0 Å². The van der Waals surface area contributed by atoms with Gasteiger partial charge in [0.05, 0.1) is 29.1 Å². The number of hydrogen-bond acceptors (Lipinski definition) is 5. The summed E-state index contributed by atoms with van der Waals surface area (Å²) >= 11 is 0. The molecule has 0 radical (unpaired) electrons. The number of ether oxygens (including phenoxy) is 1. The number of fused-ring (bicyclic) bond motifs is 1. The molecule has 1 fully saturated rings. The molecule has 1 saturated heterocycles. The number of aromatic nitrogens is 2. The molecule has 2 heterocycles. The lowest BCUT2D eigenvalue weighted by molar-refractivity contribution is -0.121. The summed E-state index contributed by atoms with van der Waals surface area (Å²) in [5, 5.41) is 3.00. The minimum Gasteiger partial charge on any atom is -0.379 e. The van der Waals surface area contributed by atoms with Crippen molar-refractivity contribution in [3.05, 3.63) is 24.0 Å². The van der Waals surface area contributed by atoms with Gasteiger partial charge in [0, 0.05) is 39.0 Å². The Labute approximate surface area is 172 Å². The largest absolute Gasteiger partial charge is 0.379 e. The molecule has 1 aromatic heterocycles. The van der Waals surface area contributed by atoms with Gasteiger partial charge in [-0.1, -0.05) is 13.3 Å². The molecule has 0 bridgehead atoms. The molecule has 2 aromatic rings. The number of rotatable bonds is 8. The first kappa shape index (κ1) is 21.7. The zero-order valence-electron chi connectivity index (χ0n) is 17.3. The van der Waals surface area contributed by atoms with E-state index in [-0.39, 0.29) is 16.8 Å². The van der Waals surface area contributed by atoms with Gasteiger partial charge in [-0.2, -0.15) is 4.31 Å². The van der Waals surface area contributed by atoms with Crippen LogP contribution in [0.15, 0.2) is 23.1 Å². The summed E-state index contributed by atoms with van der Waals surface area (Å²) in [6.07, 6.45) is 2.84. The molecule has 1 aliphatic rings. The molecule has 3 rings (SSSR count). The van der Waals surface area contributed by atoms with Crippen LogP contribution in [0.1, 0.15) is 38.9 Å². The van der Waals surface area contributed by atoms with E-state index in [4.69, 9.17) is 4.74 Å². The number of carbonyl (C=O) groups excluding carboxylic acids is 1. The van der Waals surface area contributed by atoms with Crippen LogP contribution in [-0.2, 0) is 33.0 Å². The fourth-order valence-corrected chi connectivity index (χ4v) is 5.06. The second kappa shape index (κ2) is 9.23. The van der Waals surface area contributed by atoms with Crippen LogP contribution in [0.3, 0.4) is 0 Å². The molecule has 1 N–H and O–H groups in total. The summed E-state index contributed by atoms with van der Waals surface area (Å²) in [5.74, 6) is 0.771. The Bertz CT molecular complexity index is 964. The van der Waals surface area contributed by atoms with Crippen molar-refractivity contribution < 1.29 is 17.9 Å². The summed E-state index contributed by atoms with van der Waals surface area (Å²) in [6.45, 7) is 5.64. The van der Waals surface area contributed by atoms with Gasteiger partial charge < -0.3 is 14.6 Å². The van der Waals surface area contributed by atoms with E-state index in [9.17, 15) is 13.2 Å². The Balaban J connectivity index is 1.75. The fourth-order valence-electron chi connectivity index (χ4n) is 3.63. The minimum atomic E-state index is -3.56. The van der Waals surface area contributed by atoms with E-state index in [0.29, 0.717) is 44.7 Å². The number of imidazole rings is 1. The summed E-state index contributed by atoms with van der Waals surface area (Å²) in [7, 11) is -1.67. The van der Waals surface area contributed by atoms with Crippen LogP contribution in [0.25, 0.3) is 11.0 Å². The van der Waals surface area contributed by atoms with Crippen LogP contribution in [0.2, 0.25) is 0 Å². The van der Waals surface area contributed by atoms with Gasteiger partial charge in [-0.05, 0) is 31.5 Å². The van der Waals surface area contributed by atoms with Gasteiger partial charge in [0.15, 0.2) is 0 Å². The smallest absolute Gasteiger partial charge is 0.243 e. The van der Waals surface area contributed by atoms with Crippen LogP contribution in [0.4, 0.5) is 0 Å². The molecule has 0 aliphatic carbocycles. The third kappa shape index (κ3) is 4.96. The highest BCUT2D eigenvalue weighted by Gasteiger charge is 2.27. The molecule has 8 nitrogen and oxygen atoms in total. The average molecular weight is 423 g/mol. The van der Waals surface area contributed by atoms with Crippen LogP contribution in [0.5, 0.6) is 0 Å². The normalized spacial score (nSPS) is 16.8. The fraction of sp³-hybridized carbons (Fsp3) is 0.600. The minimum absolute atomic E-state index is 0.00795. The van der Waals surface area contributed by atoms with Crippen molar-refractivity contribution in [2.45, 2.75) is 50.5 Å². The second-order valence-electron chi connectivity index (χ2n) is 7.51. The highest BCUT2D eigenvalue weighted by Crippen LogP contribution is 2.23. The first-order chi connectivity index (χ1) is 13.8. The molecular weight excluding hydrogens is 392 g/mol. The molecule has 1 aromatic carbocycles. The number of sulfonamides is 1. The molecule has 0 saturated carbocycles. The number of nitrogens with one attached hydrogen (secondary N) is 1. The van der Waals surface area contributed by atoms with Crippen LogP contribution in [-0.4, -0.2) is 60.5 Å². The Morgan fingerprint density at radius 3 is 2.72 bits per heavy atom. The predicted molar refractivity (Wildman–Crippen MR) is 111 cm³/mol. The lowest BCUT2D eigenvalue weighted by Crippen LogP contribution is -2.40. The highest BCUT2D eigenvalue weighted by molar-refractivity contribution is 7.89. The maximum atomic E-state index is 12.9. The number of carbonyl (C=O) groups is 1. The average Bonchev–Trinajstić information content (AvgIpc) is 3.02. The number of amides is 1. The topological polar surface area (TPSA) is 93.5 Å². The SMILES string of the molecule is CCCC(C)NC(=O)CCc1nc2cc(S(=O)(=O)N3CCOCC3)ccc2n1C. The molecule has 1 aliphatic heterocycles. The predicted octanol–water partition coefficient (Wildman–Crippen LogP) is 1.83. The summed E-state index contributed by atoms with van der Waals surface area (Å²) in [5.41, 5.74) is 1.47. The Morgan fingerprint density at radius 2 is 2.03 bits per heavy atom. The number of aryl methyl sites for hydroxylation is 2. The summed E-state index contributed by atoms with van der Waals surface area (Å²) < 4.78 is 34.4. The highest BCUT2D eigenvalue weighted by atomic mass is 32.2. The third-order valence-electron chi connectivity index (χ3n) is 5.26. The number of morpholine rings is 1. The Morgan fingerprint density at radius 1 is 1.31 bits per heavy atom. The maximum Gasteiger partial charge on any atom is 0.243 e.